The molecule has 5 nitrogen and oxygen atoms in total. The van der Waals surface area contributed by atoms with Crippen molar-refractivity contribution in [1.29, 1.82) is 0 Å². The van der Waals surface area contributed by atoms with E-state index in [1.165, 1.54) is 0 Å². The fraction of sp³-hybridized carbons (Fsp3) is 0.533. The topological polar surface area (TPSA) is 70.6 Å². The van der Waals surface area contributed by atoms with Gasteiger partial charge in [0.1, 0.15) is 12.6 Å². The Hall–Kier alpha value is -1.80. The van der Waals surface area contributed by atoms with Crippen LogP contribution in [0.5, 0.6) is 0 Å². The van der Waals surface area contributed by atoms with Crippen LogP contribution in [0.1, 0.15) is 18.4 Å². The molecule has 128 valence electrons. The number of nitrogens with one attached hydrogen (secondary N) is 2. The fourth-order valence-corrected chi connectivity index (χ4v) is 2.34. The second-order valence-corrected chi connectivity index (χ2v) is 5.51. The maximum Gasteiger partial charge on any atom is 0.407 e. The third-order valence-corrected chi connectivity index (χ3v) is 3.69. The van der Waals surface area contributed by atoms with Gasteiger partial charge in [0.05, 0.1) is 6.61 Å². The minimum absolute atomic E-state index is 0.141. The number of carbonyl (C=O) groups excluding carboxylic acids is 1. The lowest BCUT2D eigenvalue weighted by Gasteiger charge is -2.38. The number of rotatable bonds is 6. The minimum atomic E-state index is -4.48. The van der Waals surface area contributed by atoms with Gasteiger partial charge in [-0.05, 0) is 18.4 Å². The molecule has 0 aliphatic heterocycles. The Kier molecular flexibility index (Phi) is 5.84. The van der Waals surface area contributed by atoms with Gasteiger partial charge in [-0.2, -0.15) is 13.2 Å². The van der Waals surface area contributed by atoms with E-state index in [1.807, 2.05) is 30.3 Å². The van der Waals surface area contributed by atoms with Gasteiger partial charge in [0, 0.05) is 12.1 Å². The number of hydrogen-bond acceptors (Lipinski definition) is 4. The molecule has 1 amide bonds. The lowest BCUT2D eigenvalue weighted by molar-refractivity contribution is -0.167. The molecule has 0 bridgehead atoms. The van der Waals surface area contributed by atoms with E-state index in [4.69, 9.17) is 9.84 Å². The van der Waals surface area contributed by atoms with Crippen LogP contribution >= 0.6 is 0 Å². The van der Waals surface area contributed by atoms with E-state index < -0.39 is 24.9 Å². The number of hydrogen-bond donors (Lipinski definition) is 3. The molecular formula is C15H19F3N2O3. The first-order valence-corrected chi connectivity index (χ1v) is 7.29. The van der Waals surface area contributed by atoms with E-state index in [0.29, 0.717) is 12.8 Å². The summed E-state index contributed by atoms with van der Waals surface area (Å²) in [5.74, 6) is 0. The van der Waals surface area contributed by atoms with E-state index >= 15 is 0 Å². The average Bonchev–Trinajstić information content (AvgIpc) is 2.47. The lowest BCUT2D eigenvalue weighted by atomic mass is 9.86. The highest BCUT2D eigenvalue weighted by molar-refractivity contribution is 5.67. The van der Waals surface area contributed by atoms with Gasteiger partial charge in [0.15, 0.2) is 0 Å². The largest absolute Gasteiger partial charge is 0.445 e. The van der Waals surface area contributed by atoms with E-state index in [0.717, 1.165) is 5.56 Å². The van der Waals surface area contributed by atoms with Crippen molar-refractivity contribution >= 4 is 6.09 Å². The molecule has 8 heteroatoms. The third kappa shape index (κ3) is 5.40. The molecule has 0 heterocycles. The Bertz CT molecular complexity index is 504. The van der Waals surface area contributed by atoms with Crippen molar-refractivity contribution in [3.8, 4) is 0 Å². The Morgan fingerprint density at radius 3 is 2.48 bits per heavy atom. The monoisotopic (exact) mass is 332 g/mol. The summed E-state index contributed by atoms with van der Waals surface area (Å²) < 4.78 is 42.5. The number of carbonyl (C=O) groups is 1. The van der Waals surface area contributed by atoms with E-state index in [1.54, 1.807) is 0 Å². The number of alkyl carbamates (subject to hydrolysis) is 1. The molecule has 0 radical (unpaired) electrons. The van der Waals surface area contributed by atoms with Crippen molar-refractivity contribution in [1.82, 2.24) is 10.6 Å². The summed E-state index contributed by atoms with van der Waals surface area (Å²) in [7, 11) is 0. The van der Waals surface area contributed by atoms with E-state index in [-0.39, 0.29) is 18.7 Å². The first-order valence-electron chi connectivity index (χ1n) is 7.29. The van der Waals surface area contributed by atoms with Crippen molar-refractivity contribution in [2.24, 2.45) is 0 Å². The molecule has 1 aliphatic carbocycles. The lowest BCUT2D eigenvalue weighted by Crippen LogP contribution is -2.58. The number of ether oxygens (including phenoxy) is 1. The number of alkyl halides is 3. The standard InChI is InChI=1S/C15H19F3N2O3/c16-15(17,18)13(8-21)19-11-6-12(7-11)20-14(22)23-9-10-4-2-1-3-5-10/h1-5,11-13,19,21H,6-9H2,(H,20,22)/t11-,12-,13-/m1/s1. The predicted molar refractivity (Wildman–Crippen MR) is 76.6 cm³/mol. The van der Waals surface area contributed by atoms with Crippen molar-refractivity contribution in [2.75, 3.05) is 6.61 Å². The van der Waals surface area contributed by atoms with Gasteiger partial charge in [-0.3, -0.25) is 0 Å². The van der Waals surface area contributed by atoms with Crippen LogP contribution in [0.4, 0.5) is 18.0 Å². The Labute approximate surface area is 131 Å². The molecule has 1 aromatic rings. The summed E-state index contributed by atoms with van der Waals surface area (Å²) in [6.07, 6.45) is -4.34. The van der Waals surface area contributed by atoms with Crippen LogP contribution in [0, 0.1) is 0 Å². The van der Waals surface area contributed by atoms with E-state index in [2.05, 4.69) is 10.6 Å². The number of halogens is 3. The zero-order valence-electron chi connectivity index (χ0n) is 12.3. The van der Waals surface area contributed by atoms with Gasteiger partial charge >= 0.3 is 12.3 Å². The van der Waals surface area contributed by atoms with Crippen LogP contribution in [-0.4, -0.2) is 42.1 Å². The summed E-state index contributed by atoms with van der Waals surface area (Å²) in [4.78, 5) is 11.6. The molecule has 0 saturated heterocycles. The third-order valence-electron chi connectivity index (χ3n) is 3.69. The zero-order valence-corrected chi connectivity index (χ0v) is 12.3. The Morgan fingerprint density at radius 1 is 1.26 bits per heavy atom. The Balaban J connectivity index is 1.64. The molecule has 2 rings (SSSR count). The average molecular weight is 332 g/mol. The predicted octanol–water partition coefficient (Wildman–Crippen LogP) is 1.96. The molecule has 1 saturated carbocycles. The molecular weight excluding hydrogens is 313 g/mol. The minimum Gasteiger partial charge on any atom is -0.445 e. The van der Waals surface area contributed by atoms with Gasteiger partial charge < -0.3 is 20.5 Å². The number of amides is 1. The summed E-state index contributed by atoms with van der Waals surface area (Å²) in [6, 6.07) is 6.63. The summed E-state index contributed by atoms with van der Waals surface area (Å²) in [5.41, 5.74) is 0.853. The second-order valence-electron chi connectivity index (χ2n) is 5.51. The van der Waals surface area contributed by atoms with Crippen molar-refractivity contribution < 1.29 is 27.8 Å². The first-order chi connectivity index (χ1) is 10.9. The normalized spacial score (nSPS) is 22.1. The van der Waals surface area contributed by atoms with E-state index in [9.17, 15) is 18.0 Å². The van der Waals surface area contributed by atoms with Crippen molar-refractivity contribution in [3.05, 3.63) is 35.9 Å². The number of aliphatic hydroxyl groups excluding tert-OH is 1. The summed E-state index contributed by atoms with van der Waals surface area (Å²) in [6.45, 7) is -0.862. The molecule has 0 aromatic heterocycles. The molecule has 3 N–H and O–H groups in total. The van der Waals surface area contributed by atoms with Crippen LogP contribution in [0.25, 0.3) is 0 Å². The number of aliphatic hydroxyl groups is 1. The molecule has 1 atom stereocenters. The fourth-order valence-electron chi connectivity index (χ4n) is 2.34. The molecule has 23 heavy (non-hydrogen) atoms. The Morgan fingerprint density at radius 2 is 1.91 bits per heavy atom. The maximum atomic E-state index is 12.5. The smallest absolute Gasteiger partial charge is 0.407 e. The maximum absolute atomic E-state index is 12.5. The first kappa shape index (κ1) is 17.6. The van der Waals surface area contributed by atoms with Crippen LogP contribution in [0.15, 0.2) is 30.3 Å². The zero-order chi connectivity index (χ0) is 16.9. The highest BCUT2D eigenvalue weighted by Gasteiger charge is 2.42. The summed E-state index contributed by atoms with van der Waals surface area (Å²) >= 11 is 0. The molecule has 1 aliphatic rings. The molecule has 0 spiro atoms. The van der Waals surface area contributed by atoms with Gasteiger partial charge in [0.25, 0.3) is 0 Å². The quantitative estimate of drug-likeness (QED) is 0.745. The SMILES string of the molecule is O=C(N[C@H]1C[C@H](N[C@H](CO)C(F)(F)F)C1)OCc1ccccc1. The van der Waals surface area contributed by atoms with Gasteiger partial charge in [-0.1, -0.05) is 30.3 Å². The second kappa shape index (κ2) is 7.65. The molecule has 0 unspecified atom stereocenters. The highest BCUT2D eigenvalue weighted by Crippen LogP contribution is 2.25. The van der Waals surface area contributed by atoms with Gasteiger partial charge in [0.2, 0.25) is 0 Å². The van der Waals surface area contributed by atoms with Gasteiger partial charge in [-0.25, -0.2) is 4.79 Å². The van der Waals surface area contributed by atoms with Crippen LogP contribution in [-0.2, 0) is 11.3 Å². The highest BCUT2D eigenvalue weighted by atomic mass is 19.4. The van der Waals surface area contributed by atoms with Crippen LogP contribution in [0.2, 0.25) is 0 Å². The van der Waals surface area contributed by atoms with Gasteiger partial charge in [-0.15, -0.1) is 0 Å². The van der Waals surface area contributed by atoms with Crippen molar-refractivity contribution in [3.63, 3.8) is 0 Å². The number of benzene rings is 1. The molecule has 1 aromatic carbocycles. The van der Waals surface area contributed by atoms with Crippen LogP contribution in [0.3, 0.4) is 0 Å². The molecule has 1 fully saturated rings. The van der Waals surface area contributed by atoms with Crippen molar-refractivity contribution in [2.45, 2.75) is 43.8 Å². The summed E-state index contributed by atoms with van der Waals surface area (Å²) in [5, 5.41) is 13.7. The van der Waals surface area contributed by atoms with Crippen LogP contribution < -0.4 is 10.6 Å².